The molecule has 0 radical (unpaired) electrons. The Labute approximate surface area is 152 Å². The zero-order valence-electron chi connectivity index (χ0n) is 14.8. The Bertz CT molecular complexity index is 865. The van der Waals surface area contributed by atoms with E-state index in [4.69, 9.17) is 0 Å². The number of sulfonamides is 1. The average Bonchev–Trinajstić information content (AvgIpc) is 2.92. The molecule has 2 amide bonds. The maximum atomic E-state index is 12.6. The van der Waals surface area contributed by atoms with Gasteiger partial charge < -0.3 is 15.1 Å². The van der Waals surface area contributed by atoms with Crippen LogP contribution in [0.5, 0.6) is 0 Å². The van der Waals surface area contributed by atoms with Gasteiger partial charge in [-0.3, -0.25) is 9.59 Å². The Hall–Kier alpha value is -2.42. The predicted molar refractivity (Wildman–Crippen MR) is 96.2 cm³/mol. The van der Waals surface area contributed by atoms with Gasteiger partial charge in [0.15, 0.2) is 5.84 Å². The van der Waals surface area contributed by atoms with E-state index in [0.29, 0.717) is 30.9 Å². The van der Waals surface area contributed by atoms with Crippen molar-refractivity contribution in [3.63, 3.8) is 0 Å². The van der Waals surface area contributed by atoms with Gasteiger partial charge in [-0.2, -0.15) is 8.42 Å². The number of benzene rings is 1. The lowest BCUT2D eigenvalue weighted by Crippen LogP contribution is -2.47. The van der Waals surface area contributed by atoms with Crippen LogP contribution in [0.25, 0.3) is 0 Å². The standard InChI is InChI=1S/C17H22N4O4S/c1-18-15(22)11-20(2)17(23)12-6-5-9-21(10-12)16-13-7-3-4-8-14(13)26(24,25)19-16/h3-4,7-8,12H,5-6,9-11H2,1-2H3,(H,18,22)/t12-/m0/s1. The predicted octanol–water partition coefficient (Wildman–Crippen LogP) is 0.0519. The number of fused-ring (bicyclic) bond motifs is 1. The zero-order chi connectivity index (χ0) is 18.9. The van der Waals surface area contributed by atoms with Crippen molar-refractivity contribution < 1.29 is 18.0 Å². The molecule has 1 saturated heterocycles. The zero-order valence-corrected chi connectivity index (χ0v) is 15.6. The summed E-state index contributed by atoms with van der Waals surface area (Å²) in [5.74, 6) is -0.231. The fourth-order valence-electron chi connectivity index (χ4n) is 3.37. The van der Waals surface area contributed by atoms with Crippen LogP contribution in [0.2, 0.25) is 0 Å². The molecule has 0 bridgehead atoms. The van der Waals surface area contributed by atoms with Crippen LogP contribution in [-0.2, 0) is 19.6 Å². The minimum Gasteiger partial charge on any atom is -0.358 e. The summed E-state index contributed by atoms with van der Waals surface area (Å²) in [6.45, 7) is 1.04. The average molecular weight is 378 g/mol. The molecule has 140 valence electrons. The number of nitrogens with one attached hydrogen (secondary N) is 1. The number of piperidine rings is 1. The van der Waals surface area contributed by atoms with Gasteiger partial charge in [0.05, 0.1) is 12.5 Å². The molecule has 26 heavy (non-hydrogen) atoms. The lowest BCUT2D eigenvalue weighted by Gasteiger charge is -2.35. The quantitative estimate of drug-likeness (QED) is 0.801. The highest BCUT2D eigenvalue weighted by atomic mass is 32.2. The summed E-state index contributed by atoms with van der Waals surface area (Å²) >= 11 is 0. The van der Waals surface area contributed by atoms with Gasteiger partial charge in [-0.05, 0) is 25.0 Å². The number of nitrogens with zero attached hydrogens (tertiary/aromatic N) is 3. The number of likely N-dealkylation sites (tertiary alicyclic amines) is 1. The van der Waals surface area contributed by atoms with E-state index >= 15 is 0 Å². The molecule has 0 spiro atoms. The first-order valence-electron chi connectivity index (χ1n) is 8.48. The van der Waals surface area contributed by atoms with Crippen molar-refractivity contribution in [2.75, 3.05) is 33.7 Å². The first-order valence-corrected chi connectivity index (χ1v) is 9.92. The molecule has 0 unspecified atom stereocenters. The molecule has 2 aliphatic rings. The van der Waals surface area contributed by atoms with E-state index in [1.54, 1.807) is 31.3 Å². The van der Waals surface area contributed by atoms with Crippen LogP contribution < -0.4 is 5.32 Å². The van der Waals surface area contributed by atoms with E-state index in [2.05, 4.69) is 9.71 Å². The molecule has 1 aromatic rings. The summed E-state index contributed by atoms with van der Waals surface area (Å²) in [6.07, 6.45) is 1.46. The van der Waals surface area contributed by atoms with Crippen molar-refractivity contribution in [1.82, 2.24) is 15.1 Å². The molecule has 2 aliphatic heterocycles. The number of carbonyl (C=O) groups excluding carboxylic acids is 2. The minimum absolute atomic E-state index is 0.00396. The first-order chi connectivity index (χ1) is 12.3. The molecule has 8 nitrogen and oxygen atoms in total. The Balaban J connectivity index is 1.78. The topological polar surface area (TPSA) is 99.2 Å². The molecular weight excluding hydrogens is 356 g/mol. The van der Waals surface area contributed by atoms with Crippen molar-refractivity contribution in [2.24, 2.45) is 10.3 Å². The van der Waals surface area contributed by atoms with Crippen LogP contribution in [0, 0.1) is 5.92 Å². The fraction of sp³-hybridized carbons (Fsp3) is 0.471. The van der Waals surface area contributed by atoms with Crippen LogP contribution in [0.1, 0.15) is 18.4 Å². The van der Waals surface area contributed by atoms with Crippen LogP contribution in [-0.4, -0.2) is 69.6 Å². The maximum Gasteiger partial charge on any atom is 0.285 e. The Morgan fingerprint density at radius 2 is 2.08 bits per heavy atom. The Morgan fingerprint density at radius 3 is 2.81 bits per heavy atom. The van der Waals surface area contributed by atoms with Crippen LogP contribution >= 0.6 is 0 Å². The van der Waals surface area contributed by atoms with Gasteiger partial charge in [-0.15, -0.1) is 4.40 Å². The molecule has 1 fully saturated rings. The monoisotopic (exact) mass is 378 g/mol. The molecule has 2 heterocycles. The third-order valence-electron chi connectivity index (χ3n) is 4.72. The molecule has 0 aromatic heterocycles. The van der Waals surface area contributed by atoms with E-state index in [1.807, 2.05) is 4.90 Å². The number of carbonyl (C=O) groups is 2. The highest BCUT2D eigenvalue weighted by molar-refractivity contribution is 7.90. The van der Waals surface area contributed by atoms with Gasteiger partial charge in [0, 0.05) is 32.7 Å². The summed E-state index contributed by atoms with van der Waals surface area (Å²) in [4.78, 5) is 27.6. The number of rotatable bonds is 3. The largest absolute Gasteiger partial charge is 0.358 e. The molecule has 3 rings (SSSR count). The van der Waals surface area contributed by atoms with Gasteiger partial charge in [0.1, 0.15) is 4.90 Å². The third kappa shape index (κ3) is 3.44. The smallest absolute Gasteiger partial charge is 0.285 e. The molecule has 0 saturated carbocycles. The number of hydrogen-bond donors (Lipinski definition) is 1. The lowest BCUT2D eigenvalue weighted by molar-refractivity contribution is -0.139. The summed E-state index contributed by atoms with van der Waals surface area (Å²) < 4.78 is 28.4. The van der Waals surface area contributed by atoms with Gasteiger partial charge in [-0.25, -0.2) is 0 Å². The normalized spacial score (nSPS) is 20.9. The van der Waals surface area contributed by atoms with Crippen molar-refractivity contribution in [1.29, 1.82) is 0 Å². The van der Waals surface area contributed by atoms with E-state index < -0.39 is 10.0 Å². The second-order valence-corrected chi connectivity index (χ2v) is 8.11. The molecule has 9 heteroatoms. The van der Waals surface area contributed by atoms with Crippen molar-refractivity contribution >= 4 is 27.7 Å². The SMILES string of the molecule is CNC(=O)CN(C)C(=O)[C@H]1CCCN(C2=NS(=O)(=O)c3ccccc32)C1. The summed E-state index contributed by atoms with van der Waals surface area (Å²) in [7, 11) is -0.552. The minimum atomic E-state index is -3.68. The van der Waals surface area contributed by atoms with Crippen LogP contribution in [0.4, 0.5) is 0 Å². The number of hydrogen-bond acceptors (Lipinski definition) is 5. The third-order valence-corrected chi connectivity index (χ3v) is 6.04. The van der Waals surface area contributed by atoms with E-state index in [-0.39, 0.29) is 29.2 Å². The second kappa shape index (κ2) is 7.06. The number of likely N-dealkylation sites (N-methyl/N-ethyl adjacent to an activating group) is 2. The van der Waals surface area contributed by atoms with E-state index in [0.717, 1.165) is 6.42 Å². The van der Waals surface area contributed by atoms with Crippen molar-refractivity contribution in [2.45, 2.75) is 17.7 Å². The van der Waals surface area contributed by atoms with Crippen LogP contribution in [0.15, 0.2) is 33.6 Å². The summed E-state index contributed by atoms with van der Waals surface area (Å²) in [5, 5.41) is 2.50. The lowest BCUT2D eigenvalue weighted by atomic mass is 9.96. The van der Waals surface area contributed by atoms with Crippen LogP contribution in [0.3, 0.4) is 0 Å². The summed E-state index contributed by atoms with van der Waals surface area (Å²) in [6, 6.07) is 6.73. The van der Waals surface area contributed by atoms with Gasteiger partial charge in [0.25, 0.3) is 10.0 Å². The highest BCUT2D eigenvalue weighted by Crippen LogP contribution is 2.30. The highest BCUT2D eigenvalue weighted by Gasteiger charge is 2.35. The molecular formula is C17H22N4O4S. The first kappa shape index (κ1) is 18.4. The van der Waals surface area contributed by atoms with E-state index in [9.17, 15) is 18.0 Å². The van der Waals surface area contributed by atoms with E-state index in [1.165, 1.54) is 11.9 Å². The van der Waals surface area contributed by atoms with Gasteiger partial charge in [-0.1, -0.05) is 12.1 Å². The second-order valence-electron chi connectivity index (χ2n) is 6.54. The molecule has 1 aromatic carbocycles. The number of amidine groups is 1. The van der Waals surface area contributed by atoms with Crippen molar-refractivity contribution in [3.8, 4) is 0 Å². The Morgan fingerprint density at radius 1 is 1.35 bits per heavy atom. The molecule has 1 atom stereocenters. The van der Waals surface area contributed by atoms with Gasteiger partial charge >= 0.3 is 0 Å². The Kier molecular flexibility index (Phi) is 4.99. The van der Waals surface area contributed by atoms with Gasteiger partial charge in [0.2, 0.25) is 11.8 Å². The number of amides is 2. The maximum absolute atomic E-state index is 12.6. The molecule has 1 N–H and O–H groups in total. The fourth-order valence-corrected chi connectivity index (χ4v) is 4.60. The molecule has 0 aliphatic carbocycles. The summed E-state index contributed by atoms with van der Waals surface area (Å²) in [5.41, 5.74) is 0.583. The van der Waals surface area contributed by atoms with Crippen molar-refractivity contribution in [3.05, 3.63) is 29.8 Å².